The van der Waals surface area contributed by atoms with E-state index in [1.807, 2.05) is 44.3 Å². The largest absolute Gasteiger partial charge is 0.490 e. The molecule has 3 aromatic carbocycles. The number of rotatable bonds is 8. The van der Waals surface area contributed by atoms with Crippen LogP contribution in [0.4, 0.5) is 0 Å². The third-order valence-corrected chi connectivity index (χ3v) is 5.93. The van der Waals surface area contributed by atoms with Gasteiger partial charge in [-0.25, -0.2) is 0 Å². The Bertz CT molecular complexity index is 1470. The second-order valence-corrected chi connectivity index (χ2v) is 9.18. The van der Waals surface area contributed by atoms with Crippen molar-refractivity contribution in [3.63, 3.8) is 0 Å². The van der Waals surface area contributed by atoms with Crippen LogP contribution >= 0.6 is 0 Å². The summed E-state index contributed by atoms with van der Waals surface area (Å²) in [5.74, 6) is 6.27. The van der Waals surface area contributed by atoms with Crippen molar-refractivity contribution >= 4 is 22.6 Å². The molecule has 0 unspecified atom stereocenters. The van der Waals surface area contributed by atoms with Crippen molar-refractivity contribution in [2.75, 3.05) is 6.61 Å². The molecule has 0 aliphatic rings. The van der Waals surface area contributed by atoms with E-state index in [9.17, 15) is 14.7 Å². The van der Waals surface area contributed by atoms with Crippen molar-refractivity contribution in [3.05, 3.63) is 101 Å². The Balaban J connectivity index is 1.56. The topological polar surface area (TPSA) is 91.4 Å². The van der Waals surface area contributed by atoms with Crippen LogP contribution < -0.4 is 10.1 Å². The lowest BCUT2D eigenvalue weighted by atomic mass is 10.0. The lowest BCUT2D eigenvalue weighted by molar-refractivity contribution is 0.0910. The molecule has 0 spiro atoms. The third kappa shape index (κ3) is 6.46. The molecule has 6 heteroatoms. The number of ether oxygens (including phenoxy) is 1. The zero-order valence-electron chi connectivity index (χ0n) is 21.2. The normalized spacial score (nSPS) is 11.6. The number of nitrogens with one attached hydrogen (secondary N) is 2. The van der Waals surface area contributed by atoms with Gasteiger partial charge in [-0.15, -0.1) is 0 Å². The molecule has 0 saturated heterocycles. The minimum Gasteiger partial charge on any atom is -0.490 e. The molecule has 0 fully saturated rings. The van der Waals surface area contributed by atoms with Crippen molar-refractivity contribution in [3.8, 4) is 17.6 Å². The van der Waals surface area contributed by atoms with Gasteiger partial charge in [0.15, 0.2) is 5.78 Å². The maximum atomic E-state index is 13.3. The number of amides is 1. The summed E-state index contributed by atoms with van der Waals surface area (Å²) in [5, 5.41) is 14.0. The van der Waals surface area contributed by atoms with Crippen LogP contribution in [0.1, 0.15) is 58.2 Å². The number of fused-ring (bicyclic) bond motifs is 1. The first-order chi connectivity index (χ1) is 17.8. The summed E-state index contributed by atoms with van der Waals surface area (Å²) in [6.45, 7) is 5.11. The number of aliphatic hydroxyl groups excluding tert-OH is 1. The van der Waals surface area contributed by atoms with Gasteiger partial charge >= 0.3 is 0 Å². The molecule has 188 valence electrons. The Hall–Kier alpha value is -4.34. The molecule has 37 heavy (non-hydrogen) atoms. The van der Waals surface area contributed by atoms with E-state index in [-0.39, 0.29) is 24.4 Å². The van der Waals surface area contributed by atoms with Gasteiger partial charge in [0.05, 0.1) is 24.3 Å². The maximum Gasteiger partial charge on any atom is 0.255 e. The number of benzene rings is 3. The van der Waals surface area contributed by atoms with E-state index in [2.05, 4.69) is 22.1 Å². The Morgan fingerprint density at radius 3 is 2.41 bits per heavy atom. The van der Waals surface area contributed by atoms with Gasteiger partial charge in [0.1, 0.15) is 5.75 Å². The summed E-state index contributed by atoms with van der Waals surface area (Å²) >= 11 is 0. The van der Waals surface area contributed by atoms with Crippen molar-refractivity contribution < 1.29 is 19.4 Å². The number of aliphatic hydroxyl groups is 1. The Morgan fingerprint density at radius 2 is 1.70 bits per heavy atom. The number of para-hydroxylation sites is 1. The molecular weight excluding hydrogens is 464 g/mol. The number of aromatic nitrogens is 1. The Labute approximate surface area is 216 Å². The highest BCUT2D eigenvalue weighted by atomic mass is 16.5. The van der Waals surface area contributed by atoms with Gasteiger partial charge < -0.3 is 20.1 Å². The Morgan fingerprint density at radius 1 is 1.00 bits per heavy atom. The molecule has 0 aliphatic carbocycles. The smallest absolute Gasteiger partial charge is 0.255 e. The number of hydrogen-bond acceptors (Lipinski definition) is 4. The first-order valence-electron chi connectivity index (χ1n) is 12.2. The zero-order valence-corrected chi connectivity index (χ0v) is 21.2. The lowest BCUT2D eigenvalue weighted by Gasteiger charge is -2.19. The average molecular weight is 495 g/mol. The molecule has 0 radical (unpaired) electrons. The van der Waals surface area contributed by atoms with Crippen LogP contribution in [-0.4, -0.2) is 40.5 Å². The van der Waals surface area contributed by atoms with Crippen LogP contribution in [-0.2, 0) is 6.42 Å². The predicted octanol–water partition coefficient (Wildman–Crippen LogP) is 4.89. The van der Waals surface area contributed by atoms with E-state index >= 15 is 0 Å². The first-order valence-corrected chi connectivity index (χ1v) is 12.2. The summed E-state index contributed by atoms with van der Waals surface area (Å²) in [6.07, 6.45) is 2.26. The van der Waals surface area contributed by atoms with Crippen molar-refractivity contribution in [1.82, 2.24) is 10.3 Å². The zero-order chi connectivity index (χ0) is 26.4. The summed E-state index contributed by atoms with van der Waals surface area (Å²) in [6, 6.07) is 19.8. The van der Waals surface area contributed by atoms with Crippen LogP contribution in [0.15, 0.2) is 72.9 Å². The van der Waals surface area contributed by atoms with Crippen LogP contribution in [0, 0.1) is 11.8 Å². The van der Waals surface area contributed by atoms with Crippen LogP contribution in [0.25, 0.3) is 10.9 Å². The maximum absolute atomic E-state index is 13.3. The number of ketones is 1. The molecule has 1 aromatic heterocycles. The van der Waals surface area contributed by atoms with Gasteiger partial charge in [-0.1, -0.05) is 42.2 Å². The molecule has 4 rings (SSSR count). The van der Waals surface area contributed by atoms with Gasteiger partial charge in [-0.05, 0) is 69.2 Å². The molecule has 3 N–H and O–H groups in total. The highest BCUT2D eigenvalue weighted by molar-refractivity contribution is 5.97. The van der Waals surface area contributed by atoms with E-state index in [4.69, 9.17) is 4.74 Å². The fourth-order valence-corrected chi connectivity index (χ4v) is 4.06. The fraction of sp³-hybridized carbons (Fsp3) is 0.226. The predicted molar refractivity (Wildman–Crippen MR) is 145 cm³/mol. The number of Topliss-reactive ketones (excluding diaryl/α,β-unsaturated/α-hetero) is 1. The standard InChI is InChI=1S/C31H30N2O4/c1-20(2)37-30-15-12-23(9-8-22-10-13-24(14-11-22)21(3)35)16-28(30)31(36)33-26(19-34)17-25-18-32-29-7-5-4-6-27(25)29/h4-7,10-16,18,20,26,32,34H,17,19H2,1-3H3,(H,33,36)/t26-/m1/s1. The van der Waals surface area contributed by atoms with E-state index in [1.165, 1.54) is 6.92 Å². The second-order valence-electron chi connectivity index (χ2n) is 9.18. The minimum atomic E-state index is -0.479. The monoisotopic (exact) mass is 494 g/mol. The third-order valence-electron chi connectivity index (χ3n) is 5.93. The van der Waals surface area contributed by atoms with E-state index < -0.39 is 6.04 Å². The quantitative estimate of drug-likeness (QED) is 0.240. The molecule has 6 nitrogen and oxygen atoms in total. The highest BCUT2D eigenvalue weighted by Crippen LogP contribution is 2.23. The van der Waals surface area contributed by atoms with Crippen molar-refractivity contribution in [2.45, 2.75) is 39.3 Å². The molecule has 0 aliphatic heterocycles. The van der Waals surface area contributed by atoms with Gasteiger partial charge in [0.25, 0.3) is 5.91 Å². The number of carbonyl (C=O) groups excluding carboxylic acids is 2. The van der Waals surface area contributed by atoms with Crippen LogP contribution in [0.3, 0.4) is 0 Å². The van der Waals surface area contributed by atoms with Gasteiger partial charge in [0, 0.05) is 33.8 Å². The number of carbonyl (C=O) groups is 2. The molecule has 4 aromatic rings. The summed E-state index contributed by atoms with van der Waals surface area (Å²) in [5.41, 5.74) is 4.42. The van der Waals surface area contributed by atoms with Gasteiger partial charge in [-0.2, -0.15) is 0 Å². The second kappa shape index (κ2) is 11.6. The highest BCUT2D eigenvalue weighted by Gasteiger charge is 2.19. The molecule has 0 saturated carbocycles. The van der Waals surface area contributed by atoms with E-state index in [0.717, 1.165) is 22.0 Å². The lowest BCUT2D eigenvalue weighted by Crippen LogP contribution is -2.39. The van der Waals surface area contributed by atoms with Crippen molar-refractivity contribution in [1.29, 1.82) is 0 Å². The Kier molecular flexibility index (Phi) is 8.07. The molecule has 0 bridgehead atoms. The fourth-order valence-electron chi connectivity index (χ4n) is 4.06. The molecule has 1 heterocycles. The summed E-state index contributed by atoms with van der Waals surface area (Å²) in [4.78, 5) is 28.1. The van der Waals surface area contributed by atoms with Crippen LogP contribution in [0.5, 0.6) is 5.75 Å². The van der Waals surface area contributed by atoms with E-state index in [1.54, 1.807) is 42.5 Å². The minimum absolute atomic E-state index is 0.00165. The number of aromatic amines is 1. The molecule has 1 amide bonds. The SMILES string of the molecule is CC(=O)c1ccc(C#Cc2ccc(OC(C)C)c(C(=O)N[C@@H](CO)Cc3c[nH]c4ccccc34)c2)cc1. The van der Waals surface area contributed by atoms with Gasteiger partial charge in [-0.3, -0.25) is 9.59 Å². The average Bonchev–Trinajstić information content (AvgIpc) is 3.30. The number of H-pyrrole nitrogens is 1. The first kappa shape index (κ1) is 25.7. The van der Waals surface area contributed by atoms with E-state index in [0.29, 0.717) is 28.9 Å². The number of hydrogen-bond donors (Lipinski definition) is 3. The van der Waals surface area contributed by atoms with Gasteiger partial charge in [0.2, 0.25) is 0 Å². The summed E-state index contributed by atoms with van der Waals surface area (Å²) < 4.78 is 5.89. The van der Waals surface area contributed by atoms with Crippen LogP contribution in [0.2, 0.25) is 0 Å². The van der Waals surface area contributed by atoms with Crippen molar-refractivity contribution in [2.24, 2.45) is 0 Å². The molecular formula is C31H30N2O4. The molecule has 1 atom stereocenters. The summed E-state index contributed by atoms with van der Waals surface area (Å²) in [7, 11) is 0.